The van der Waals surface area contributed by atoms with Crippen molar-refractivity contribution in [1.82, 2.24) is 24.8 Å². The van der Waals surface area contributed by atoms with E-state index in [9.17, 15) is 4.79 Å². The van der Waals surface area contributed by atoms with Crippen molar-refractivity contribution < 1.29 is 19.0 Å². The summed E-state index contributed by atoms with van der Waals surface area (Å²) >= 11 is 0. The van der Waals surface area contributed by atoms with Crippen LogP contribution in [0.3, 0.4) is 0 Å². The molecular formula is C26H31N7O4. The van der Waals surface area contributed by atoms with Crippen LogP contribution in [0.4, 0.5) is 11.6 Å². The van der Waals surface area contributed by atoms with Crippen molar-refractivity contribution in [2.75, 3.05) is 76.0 Å². The van der Waals surface area contributed by atoms with Gasteiger partial charge in [0.15, 0.2) is 0 Å². The van der Waals surface area contributed by atoms with Gasteiger partial charge < -0.3 is 24.4 Å². The van der Waals surface area contributed by atoms with Gasteiger partial charge in [0.25, 0.3) is 5.91 Å². The van der Waals surface area contributed by atoms with Crippen LogP contribution in [0.25, 0.3) is 11.3 Å². The van der Waals surface area contributed by atoms with E-state index in [1.807, 2.05) is 42.2 Å². The fourth-order valence-corrected chi connectivity index (χ4v) is 4.18. The molecule has 0 radical (unpaired) electrons. The van der Waals surface area contributed by atoms with Crippen molar-refractivity contribution in [3.05, 3.63) is 54.1 Å². The lowest BCUT2D eigenvalue weighted by atomic mass is 10.1. The number of rotatable bonds is 8. The lowest BCUT2D eigenvalue weighted by Crippen LogP contribution is -2.39. The first kappa shape index (κ1) is 25.0. The van der Waals surface area contributed by atoms with Gasteiger partial charge in [0, 0.05) is 56.2 Å². The van der Waals surface area contributed by atoms with Crippen molar-refractivity contribution >= 4 is 17.5 Å². The van der Waals surface area contributed by atoms with Gasteiger partial charge in [-0.1, -0.05) is 12.1 Å². The predicted molar refractivity (Wildman–Crippen MR) is 138 cm³/mol. The molecule has 0 unspecified atom stereocenters. The molecule has 4 heterocycles. The van der Waals surface area contributed by atoms with Crippen LogP contribution in [-0.2, 0) is 9.47 Å². The van der Waals surface area contributed by atoms with E-state index in [2.05, 4.69) is 30.2 Å². The third-order valence-electron chi connectivity index (χ3n) is 6.17. The molecule has 2 fully saturated rings. The summed E-state index contributed by atoms with van der Waals surface area (Å²) in [6, 6.07) is 11.0. The quantitative estimate of drug-likeness (QED) is 0.488. The Morgan fingerprint density at radius 2 is 1.78 bits per heavy atom. The number of aryl methyl sites for hydroxylation is 1. The second kappa shape index (κ2) is 12.0. The Balaban J connectivity index is 1.32. The molecule has 11 nitrogen and oxygen atoms in total. The fourth-order valence-electron chi connectivity index (χ4n) is 4.18. The number of hydrogen-bond donors (Lipinski definition) is 1. The molecule has 0 spiro atoms. The SMILES string of the molecule is Cc1nccc(-c2cccc(NC(=O)c3cc(OCCN4CCOCC4)nc(N4CCOCC4)n3)c2)n1. The van der Waals surface area contributed by atoms with E-state index >= 15 is 0 Å². The average molecular weight is 506 g/mol. The van der Waals surface area contributed by atoms with Crippen molar-refractivity contribution in [1.29, 1.82) is 0 Å². The molecule has 37 heavy (non-hydrogen) atoms. The number of hydrogen-bond acceptors (Lipinski definition) is 10. The summed E-state index contributed by atoms with van der Waals surface area (Å²) in [5.74, 6) is 1.18. The average Bonchev–Trinajstić information content (AvgIpc) is 2.94. The summed E-state index contributed by atoms with van der Waals surface area (Å²) in [5.41, 5.74) is 2.55. The van der Waals surface area contributed by atoms with Crippen molar-refractivity contribution in [2.24, 2.45) is 0 Å². The molecule has 0 saturated carbocycles. The van der Waals surface area contributed by atoms with Crippen LogP contribution in [0.5, 0.6) is 5.88 Å². The Labute approximate surface area is 215 Å². The van der Waals surface area contributed by atoms with E-state index in [1.54, 1.807) is 12.3 Å². The number of carbonyl (C=O) groups is 1. The minimum atomic E-state index is -0.342. The fraction of sp³-hybridized carbons (Fsp3) is 0.423. The number of anilines is 2. The van der Waals surface area contributed by atoms with Crippen molar-refractivity contribution in [3.63, 3.8) is 0 Å². The van der Waals surface area contributed by atoms with E-state index in [0.717, 1.165) is 44.1 Å². The summed E-state index contributed by atoms with van der Waals surface area (Å²) < 4.78 is 16.9. The summed E-state index contributed by atoms with van der Waals surface area (Å²) in [6.45, 7) is 8.77. The monoisotopic (exact) mass is 505 g/mol. The zero-order valence-electron chi connectivity index (χ0n) is 20.9. The van der Waals surface area contributed by atoms with Gasteiger partial charge in [-0.15, -0.1) is 0 Å². The van der Waals surface area contributed by atoms with Gasteiger partial charge >= 0.3 is 0 Å². The molecule has 0 atom stereocenters. The topological polar surface area (TPSA) is 115 Å². The second-order valence-electron chi connectivity index (χ2n) is 8.82. The maximum Gasteiger partial charge on any atom is 0.274 e. The summed E-state index contributed by atoms with van der Waals surface area (Å²) in [4.78, 5) is 35.3. The summed E-state index contributed by atoms with van der Waals surface area (Å²) in [6.07, 6.45) is 1.72. The van der Waals surface area contributed by atoms with Crippen LogP contribution < -0.4 is 15.0 Å². The van der Waals surface area contributed by atoms with Gasteiger partial charge in [0.05, 0.1) is 32.1 Å². The highest BCUT2D eigenvalue weighted by Crippen LogP contribution is 2.22. The van der Waals surface area contributed by atoms with Crippen LogP contribution in [0.15, 0.2) is 42.6 Å². The molecular weight excluding hydrogens is 474 g/mol. The second-order valence-corrected chi connectivity index (χ2v) is 8.82. The first-order valence-electron chi connectivity index (χ1n) is 12.5. The minimum absolute atomic E-state index is 0.237. The lowest BCUT2D eigenvalue weighted by molar-refractivity contribution is 0.0320. The summed E-state index contributed by atoms with van der Waals surface area (Å²) in [7, 11) is 0. The van der Waals surface area contributed by atoms with Crippen LogP contribution in [0.2, 0.25) is 0 Å². The third-order valence-corrected chi connectivity index (χ3v) is 6.17. The Morgan fingerprint density at radius 1 is 1.00 bits per heavy atom. The van der Waals surface area contributed by atoms with Gasteiger partial charge in [-0.3, -0.25) is 9.69 Å². The third kappa shape index (κ3) is 6.76. The lowest BCUT2D eigenvalue weighted by Gasteiger charge is -2.27. The van der Waals surface area contributed by atoms with E-state index in [1.165, 1.54) is 0 Å². The van der Waals surface area contributed by atoms with Gasteiger partial charge in [-0.25, -0.2) is 15.0 Å². The highest BCUT2D eigenvalue weighted by atomic mass is 16.5. The van der Waals surface area contributed by atoms with E-state index in [-0.39, 0.29) is 11.6 Å². The molecule has 5 rings (SSSR count). The molecule has 2 aliphatic rings. The highest BCUT2D eigenvalue weighted by Gasteiger charge is 2.20. The molecule has 2 saturated heterocycles. The Kier molecular flexibility index (Phi) is 8.14. The molecule has 0 aliphatic carbocycles. The van der Waals surface area contributed by atoms with Gasteiger partial charge in [-0.2, -0.15) is 4.98 Å². The standard InChI is InChI=1S/C26H31N7O4/c1-19-27-6-5-22(28-19)20-3-2-4-21(17-20)29-25(34)23-18-24(37-16-9-32-7-12-35-13-8-32)31-26(30-23)33-10-14-36-15-11-33/h2-6,17-18H,7-16H2,1H3,(H,29,34). The predicted octanol–water partition coefficient (Wildman–Crippen LogP) is 2.04. The van der Waals surface area contributed by atoms with Crippen molar-refractivity contribution in [3.8, 4) is 17.1 Å². The molecule has 0 bridgehead atoms. The molecule has 3 aromatic rings. The minimum Gasteiger partial charge on any atom is -0.476 e. The molecule has 1 aromatic carbocycles. The number of morpholine rings is 2. The van der Waals surface area contributed by atoms with Gasteiger partial charge in [0.1, 0.15) is 18.1 Å². The molecule has 2 aromatic heterocycles. The number of benzene rings is 1. The van der Waals surface area contributed by atoms with Crippen molar-refractivity contribution in [2.45, 2.75) is 6.92 Å². The Hall–Kier alpha value is -3.67. The van der Waals surface area contributed by atoms with E-state index in [0.29, 0.717) is 56.3 Å². The number of amides is 1. The normalized spacial score (nSPS) is 16.4. The van der Waals surface area contributed by atoms with Crippen LogP contribution >= 0.6 is 0 Å². The maximum atomic E-state index is 13.3. The number of ether oxygens (including phenoxy) is 3. The number of nitrogens with zero attached hydrogens (tertiary/aromatic N) is 6. The largest absolute Gasteiger partial charge is 0.476 e. The highest BCUT2D eigenvalue weighted by molar-refractivity contribution is 6.03. The summed E-state index contributed by atoms with van der Waals surface area (Å²) in [5, 5.41) is 2.95. The molecule has 1 amide bonds. The van der Waals surface area contributed by atoms with E-state index in [4.69, 9.17) is 14.2 Å². The first-order chi connectivity index (χ1) is 18.1. The Morgan fingerprint density at radius 3 is 2.57 bits per heavy atom. The molecule has 11 heteroatoms. The van der Waals surface area contributed by atoms with Gasteiger partial charge in [-0.05, 0) is 25.1 Å². The number of carbonyl (C=O) groups excluding carboxylic acids is 1. The Bertz CT molecular complexity index is 1210. The molecule has 1 N–H and O–H groups in total. The van der Waals surface area contributed by atoms with Gasteiger partial charge in [0.2, 0.25) is 11.8 Å². The van der Waals surface area contributed by atoms with Crippen LogP contribution in [-0.4, -0.2) is 96.5 Å². The van der Waals surface area contributed by atoms with Crippen LogP contribution in [0.1, 0.15) is 16.3 Å². The first-order valence-corrected chi connectivity index (χ1v) is 12.5. The van der Waals surface area contributed by atoms with Crippen LogP contribution in [0, 0.1) is 6.92 Å². The zero-order chi connectivity index (χ0) is 25.5. The molecule has 194 valence electrons. The maximum absolute atomic E-state index is 13.3. The van der Waals surface area contributed by atoms with E-state index < -0.39 is 0 Å². The zero-order valence-corrected chi connectivity index (χ0v) is 20.9. The smallest absolute Gasteiger partial charge is 0.274 e. The number of nitrogens with one attached hydrogen (secondary N) is 1. The number of aromatic nitrogens is 4. The molecule has 2 aliphatic heterocycles.